The second kappa shape index (κ2) is 8.20. The lowest BCUT2D eigenvalue weighted by molar-refractivity contribution is 0.192. The van der Waals surface area contributed by atoms with Crippen molar-refractivity contribution in [2.24, 2.45) is 0 Å². The number of hydrazine groups is 2. The van der Waals surface area contributed by atoms with Gasteiger partial charge in [-0.25, -0.2) is 10.0 Å². The quantitative estimate of drug-likeness (QED) is 0.321. The Kier molecular flexibility index (Phi) is 4.76. The van der Waals surface area contributed by atoms with E-state index in [1.165, 1.54) is 33.6 Å². The highest BCUT2D eigenvalue weighted by atomic mass is 15.8. The number of hydrogen-bond acceptors (Lipinski definition) is 4. The van der Waals surface area contributed by atoms with Gasteiger partial charge < -0.3 is 0 Å². The highest BCUT2D eigenvalue weighted by Gasteiger charge is 2.63. The summed E-state index contributed by atoms with van der Waals surface area (Å²) in [5.74, 6) is 0. The van der Waals surface area contributed by atoms with E-state index in [1.807, 2.05) is 0 Å². The lowest BCUT2D eigenvalue weighted by atomic mass is 9.85. The summed E-state index contributed by atoms with van der Waals surface area (Å²) in [7, 11) is 0. The average Bonchev–Trinajstić information content (AvgIpc) is 3.48. The predicted octanol–water partition coefficient (Wildman–Crippen LogP) is 6.53. The van der Waals surface area contributed by atoms with E-state index in [2.05, 4.69) is 129 Å². The third-order valence-electron chi connectivity index (χ3n) is 9.11. The third-order valence-corrected chi connectivity index (χ3v) is 9.11. The van der Waals surface area contributed by atoms with Gasteiger partial charge in [-0.1, -0.05) is 84.9 Å². The van der Waals surface area contributed by atoms with Crippen molar-refractivity contribution in [1.29, 1.82) is 0 Å². The molecule has 4 aromatic rings. The molecule has 4 aliphatic rings. The monoisotopic (exact) mass is 484 g/mol. The molecule has 0 aromatic heterocycles. The van der Waals surface area contributed by atoms with E-state index in [0.29, 0.717) is 12.1 Å². The van der Waals surface area contributed by atoms with E-state index < -0.39 is 0 Å². The van der Waals surface area contributed by atoms with Gasteiger partial charge in [-0.3, -0.25) is 10.0 Å². The number of anilines is 2. The van der Waals surface area contributed by atoms with Gasteiger partial charge in [0.1, 0.15) is 5.66 Å². The zero-order valence-electron chi connectivity index (χ0n) is 21.1. The highest BCUT2D eigenvalue weighted by molar-refractivity contribution is 5.60. The number of hydrogen-bond donors (Lipinski definition) is 0. The van der Waals surface area contributed by atoms with Crippen LogP contribution in [0.25, 0.3) is 0 Å². The number of nitrogens with zero attached hydrogens (tertiary/aromatic N) is 4. The fourth-order valence-electron chi connectivity index (χ4n) is 7.72. The Hall–Kier alpha value is -3.60. The van der Waals surface area contributed by atoms with Crippen molar-refractivity contribution < 1.29 is 0 Å². The zero-order valence-corrected chi connectivity index (χ0v) is 21.1. The summed E-state index contributed by atoms with van der Waals surface area (Å²) in [5, 5.41) is 10.8. The fraction of sp³-hybridized carbons (Fsp3) is 0.273. The Bertz CT molecular complexity index is 1320. The first-order valence-corrected chi connectivity index (χ1v) is 13.7. The number of fused-ring (bicyclic) bond motifs is 6. The topological polar surface area (TPSA) is 13.0 Å². The molecule has 4 heterocycles. The van der Waals surface area contributed by atoms with Crippen molar-refractivity contribution in [3.63, 3.8) is 0 Å². The number of rotatable bonds is 2. The van der Waals surface area contributed by atoms with Crippen LogP contribution < -0.4 is 10.0 Å². The van der Waals surface area contributed by atoms with Gasteiger partial charge in [-0.05, 0) is 59.4 Å². The second-order valence-electron chi connectivity index (χ2n) is 10.9. The second-order valence-corrected chi connectivity index (χ2v) is 10.9. The van der Waals surface area contributed by atoms with Crippen LogP contribution in [0.4, 0.5) is 11.4 Å². The molecule has 0 bridgehead atoms. The smallest absolute Gasteiger partial charge is 0.146 e. The van der Waals surface area contributed by atoms with Crippen molar-refractivity contribution in [2.45, 2.75) is 43.4 Å². The van der Waals surface area contributed by atoms with Gasteiger partial charge >= 0.3 is 0 Å². The van der Waals surface area contributed by atoms with Gasteiger partial charge in [-0.2, -0.15) is 0 Å². The van der Waals surface area contributed by atoms with Crippen molar-refractivity contribution in [3.05, 3.63) is 131 Å². The Balaban J connectivity index is 1.35. The molecule has 0 aliphatic carbocycles. The van der Waals surface area contributed by atoms with Crippen LogP contribution in [0.1, 0.15) is 47.2 Å². The zero-order chi connectivity index (χ0) is 24.4. The Morgan fingerprint density at radius 2 is 0.892 bits per heavy atom. The molecule has 2 saturated heterocycles. The first kappa shape index (κ1) is 21.5. The van der Waals surface area contributed by atoms with E-state index in [9.17, 15) is 0 Å². The lowest BCUT2D eigenvalue weighted by Gasteiger charge is -2.49. The van der Waals surface area contributed by atoms with E-state index in [4.69, 9.17) is 0 Å². The molecule has 4 heteroatoms. The van der Waals surface area contributed by atoms with Crippen LogP contribution in [-0.2, 0) is 12.8 Å². The highest BCUT2D eigenvalue weighted by Crippen LogP contribution is 2.59. The van der Waals surface area contributed by atoms with Gasteiger partial charge in [-0.15, -0.1) is 0 Å². The van der Waals surface area contributed by atoms with Crippen LogP contribution in [0.15, 0.2) is 109 Å². The molecular formula is C33H32N4. The standard InChI is InChI=1S/C33H32N4/c1-3-13-27(14-4-1)36-33(23-31-29-17-9-7-11-25(29)19-21-34(31)36)24-32-30-18-10-8-12-26(30)20-22-35(32)37(33)28-15-5-2-6-16-28/h1-18,31-32H,19-24H2. The molecule has 0 saturated carbocycles. The maximum atomic E-state index is 2.70. The Morgan fingerprint density at radius 3 is 1.35 bits per heavy atom. The minimum atomic E-state index is -0.188. The molecule has 4 aliphatic heterocycles. The molecule has 0 N–H and O–H groups in total. The minimum absolute atomic E-state index is 0.188. The fourth-order valence-corrected chi connectivity index (χ4v) is 7.72. The van der Waals surface area contributed by atoms with E-state index in [0.717, 1.165) is 38.8 Å². The Morgan fingerprint density at radius 1 is 0.486 bits per heavy atom. The predicted molar refractivity (Wildman–Crippen MR) is 149 cm³/mol. The summed E-state index contributed by atoms with van der Waals surface area (Å²) in [6.45, 7) is 2.09. The van der Waals surface area contributed by atoms with Gasteiger partial charge in [0.05, 0.1) is 23.5 Å². The summed E-state index contributed by atoms with van der Waals surface area (Å²) >= 11 is 0. The molecule has 4 nitrogen and oxygen atoms in total. The van der Waals surface area contributed by atoms with Gasteiger partial charge in [0.2, 0.25) is 0 Å². The van der Waals surface area contributed by atoms with E-state index >= 15 is 0 Å². The van der Waals surface area contributed by atoms with Crippen molar-refractivity contribution in [3.8, 4) is 0 Å². The normalized spacial score (nSPS) is 26.6. The molecule has 2 atom stereocenters. The van der Waals surface area contributed by atoms with E-state index in [-0.39, 0.29) is 5.66 Å². The van der Waals surface area contributed by atoms with E-state index in [1.54, 1.807) is 0 Å². The molecule has 8 rings (SSSR count). The molecule has 4 aromatic carbocycles. The van der Waals surface area contributed by atoms with Crippen LogP contribution in [0.2, 0.25) is 0 Å². The Labute approximate surface area is 219 Å². The van der Waals surface area contributed by atoms with Crippen molar-refractivity contribution in [2.75, 3.05) is 23.1 Å². The summed E-state index contributed by atoms with van der Waals surface area (Å²) in [6.07, 6.45) is 4.33. The molecule has 184 valence electrons. The molecule has 0 amide bonds. The van der Waals surface area contributed by atoms with Crippen LogP contribution in [-0.4, -0.2) is 28.8 Å². The third kappa shape index (κ3) is 3.09. The first-order chi connectivity index (χ1) is 18.3. The summed E-state index contributed by atoms with van der Waals surface area (Å²) in [5.41, 5.74) is 8.43. The van der Waals surface area contributed by atoms with Crippen molar-refractivity contribution >= 4 is 11.4 Å². The van der Waals surface area contributed by atoms with Crippen molar-refractivity contribution in [1.82, 2.24) is 10.0 Å². The largest absolute Gasteiger partial charge is 0.279 e. The van der Waals surface area contributed by atoms with Gasteiger partial charge in [0, 0.05) is 25.9 Å². The van der Waals surface area contributed by atoms with Gasteiger partial charge in [0.25, 0.3) is 0 Å². The molecule has 1 spiro atoms. The van der Waals surface area contributed by atoms with Gasteiger partial charge in [0.15, 0.2) is 0 Å². The number of para-hydroxylation sites is 2. The molecule has 2 fully saturated rings. The molecular weight excluding hydrogens is 452 g/mol. The van der Waals surface area contributed by atoms with Crippen LogP contribution in [0.3, 0.4) is 0 Å². The van der Waals surface area contributed by atoms with Crippen LogP contribution in [0, 0.1) is 0 Å². The molecule has 2 unspecified atom stereocenters. The average molecular weight is 485 g/mol. The SMILES string of the molecule is c1ccc(N2N3CCc4ccccc4C3CC23CC2c4ccccc4CCN2N3c2ccccc2)cc1. The summed E-state index contributed by atoms with van der Waals surface area (Å²) in [4.78, 5) is 0. The lowest BCUT2D eigenvalue weighted by Crippen LogP contribution is -2.61. The first-order valence-electron chi connectivity index (χ1n) is 13.7. The molecule has 37 heavy (non-hydrogen) atoms. The summed E-state index contributed by atoms with van der Waals surface area (Å²) < 4.78 is 0. The maximum Gasteiger partial charge on any atom is 0.146 e. The maximum absolute atomic E-state index is 2.70. The molecule has 0 radical (unpaired) electrons. The van der Waals surface area contributed by atoms with Crippen LogP contribution >= 0.6 is 0 Å². The van der Waals surface area contributed by atoms with Crippen LogP contribution in [0.5, 0.6) is 0 Å². The number of benzene rings is 4. The minimum Gasteiger partial charge on any atom is -0.279 e. The summed E-state index contributed by atoms with van der Waals surface area (Å²) in [6, 6.07) is 41.3.